The standard InChI is InChI=1S/C25H30N4O4/c30-25(27-10-4-5-11-27)22-17-19-16-20(29(31)32)8-9-23(19)28-13-12-26(18-24(22)28)14-15-33-21-6-2-1-3-7-21/h1-3,6-9,16,22,24H,4-5,10-15,17-18H2/t22-,24-/m0/s1. The Morgan fingerprint density at radius 2 is 1.85 bits per heavy atom. The zero-order valence-corrected chi connectivity index (χ0v) is 18.8. The molecule has 2 fully saturated rings. The number of carbonyl (C=O) groups is 1. The van der Waals surface area contributed by atoms with E-state index in [-0.39, 0.29) is 28.5 Å². The van der Waals surface area contributed by atoms with Gasteiger partial charge in [-0.15, -0.1) is 0 Å². The van der Waals surface area contributed by atoms with E-state index >= 15 is 0 Å². The largest absolute Gasteiger partial charge is 0.492 e. The maximum absolute atomic E-state index is 13.5. The van der Waals surface area contributed by atoms with Gasteiger partial charge < -0.3 is 14.5 Å². The van der Waals surface area contributed by atoms with Crippen molar-refractivity contribution in [2.24, 2.45) is 5.92 Å². The molecule has 2 aromatic rings. The maximum atomic E-state index is 13.5. The minimum absolute atomic E-state index is 0.0672. The molecule has 5 rings (SSSR count). The quantitative estimate of drug-likeness (QED) is 0.497. The summed E-state index contributed by atoms with van der Waals surface area (Å²) in [5.41, 5.74) is 2.05. The lowest BCUT2D eigenvalue weighted by atomic mass is 9.83. The number of benzene rings is 2. The summed E-state index contributed by atoms with van der Waals surface area (Å²) in [6, 6.07) is 15.0. The fraction of sp³-hybridized carbons (Fsp3) is 0.480. The van der Waals surface area contributed by atoms with Gasteiger partial charge in [0.05, 0.1) is 16.9 Å². The molecule has 0 saturated carbocycles. The molecule has 3 aliphatic heterocycles. The summed E-state index contributed by atoms with van der Waals surface area (Å²) in [5, 5.41) is 11.3. The second-order valence-electron chi connectivity index (χ2n) is 9.14. The van der Waals surface area contributed by atoms with Crippen LogP contribution >= 0.6 is 0 Å². The first-order chi connectivity index (χ1) is 16.1. The first kappa shape index (κ1) is 21.7. The second kappa shape index (κ2) is 9.39. The number of para-hydroxylation sites is 1. The number of nitrogens with zero attached hydrogens (tertiary/aromatic N) is 4. The average Bonchev–Trinajstić information content (AvgIpc) is 3.38. The van der Waals surface area contributed by atoms with Crippen molar-refractivity contribution in [3.63, 3.8) is 0 Å². The third kappa shape index (κ3) is 4.53. The number of anilines is 1. The Morgan fingerprint density at radius 1 is 1.06 bits per heavy atom. The van der Waals surface area contributed by atoms with Crippen LogP contribution in [0.25, 0.3) is 0 Å². The second-order valence-corrected chi connectivity index (χ2v) is 9.14. The van der Waals surface area contributed by atoms with Crippen molar-refractivity contribution < 1.29 is 14.5 Å². The zero-order valence-electron chi connectivity index (χ0n) is 18.8. The molecule has 2 aromatic carbocycles. The fourth-order valence-electron chi connectivity index (χ4n) is 5.45. The van der Waals surface area contributed by atoms with Gasteiger partial charge in [0.25, 0.3) is 5.69 Å². The van der Waals surface area contributed by atoms with Crippen molar-refractivity contribution in [3.05, 3.63) is 64.2 Å². The third-order valence-electron chi connectivity index (χ3n) is 7.14. The number of nitro groups is 1. The molecular weight excluding hydrogens is 420 g/mol. The van der Waals surface area contributed by atoms with Crippen molar-refractivity contribution >= 4 is 17.3 Å². The molecule has 0 aromatic heterocycles. The van der Waals surface area contributed by atoms with Gasteiger partial charge in [0.1, 0.15) is 12.4 Å². The molecule has 0 radical (unpaired) electrons. The molecular formula is C25H30N4O4. The van der Waals surface area contributed by atoms with Gasteiger partial charge in [-0.2, -0.15) is 0 Å². The zero-order chi connectivity index (χ0) is 22.8. The van der Waals surface area contributed by atoms with Gasteiger partial charge in [-0.3, -0.25) is 19.8 Å². The Bertz CT molecular complexity index is 1010. The van der Waals surface area contributed by atoms with E-state index in [0.29, 0.717) is 13.0 Å². The summed E-state index contributed by atoms with van der Waals surface area (Å²) in [7, 11) is 0. The summed E-state index contributed by atoms with van der Waals surface area (Å²) in [6.07, 6.45) is 2.66. The highest BCUT2D eigenvalue weighted by molar-refractivity contribution is 5.82. The molecule has 174 valence electrons. The van der Waals surface area contributed by atoms with Crippen LogP contribution in [-0.2, 0) is 11.2 Å². The molecule has 0 bridgehead atoms. The average molecular weight is 451 g/mol. The number of carbonyl (C=O) groups excluding carboxylic acids is 1. The lowest BCUT2D eigenvalue weighted by Gasteiger charge is -2.49. The van der Waals surface area contributed by atoms with Crippen LogP contribution in [0.4, 0.5) is 11.4 Å². The van der Waals surface area contributed by atoms with E-state index in [1.165, 1.54) is 0 Å². The van der Waals surface area contributed by atoms with Gasteiger partial charge >= 0.3 is 0 Å². The van der Waals surface area contributed by atoms with E-state index in [1.54, 1.807) is 12.1 Å². The number of non-ortho nitro benzene ring substituents is 1. The predicted molar refractivity (Wildman–Crippen MR) is 126 cm³/mol. The van der Waals surface area contributed by atoms with Gasteiger partial charge in [-0.25, -0.2) is 0 Å². The van der Waals surface area contributed by atoms with E-state index in [2.05, 4.69) is 9.80 Å². The number of hydrogen-bond acceptors (Lipinski definition) is 6. The van der Waals surface area contributed by atoms with Crippen LogP contribution in [0.2, 0.25) is 0 Å². The first-order valence-corrected chi connectivity index (χ1v) is 11.8. The van der Waals surface area contributed by atoms with Crippen molar-refractivity contribution in [2.75, 3.05) is 50.8 Å². The lowest BCUT2D eigenvalue weighted by Crippen LogP contribution is -2.61. The number of hydrogen-bond donors (Lipinski definition) is 0. The summed E-state index contributed by atoms with van der Waals surface area (Å²) < 4.78 is 5.90. The molecule has 0 spiro atoms. The van der Waals surface area contributed by atoms with Crippen LogP contribution in [-0.4, -0.2) is 72.5 Å². The molecule has 8 nitrogen and oxygen atoms in total. The number of fused-ring (bicyclic) bond motifs is 3. The molecule has 2 atom stereocenters. The number of piperazine rings is 1. The van der Waals surface area contributed by atoms with E-state index in [4.69, 9.17) is 4.74 Å². The SMILES string of the molecule is O=C([C@H]1Cc2cc([N+](=O)[O-])ccc2N2CCN(CCOc3ccccc3)C[C@@H]12)N1CCCC1. The smallest absolute Gasteiger partial charge is 0.269 e. The number of ether oxygens (including phenoxy) is 1. The predicted octanol–water partition coefficient (Wildman–Crippen LogP) is 2.96. The van der Waals surface area contributed by atoms with Crippen LogP contribution in [0.3, 0.4) is 0 Å². The molecule has 8 heteroatoms. The highest BCUT2D eigenvalue weighted by Crippen LogP contribution is 2.38. The van der Waals surface area contributed by atoms with Crippen LogP contribution in [0.15, 0.2) is 48.5 Å². The maximum Gasteiger partial charge on any atom is 0.269 e. The molecule has 1 amide bonds. The van der Waals surface area contributed by atoms with Gasteiger partial charge in [0, 0.05) is 57.1 Å². The Morgan fingerprint density at radius 3 is 2.61 bits per heavy atom. The van der Waals surface area contributed by atoms with Gasteiger partial charge in [0.15, 0.2) is 0 Å². The van der Waals surface area contributed by atoms with E-state index < -0.39 is 0 Å². The molecule has 3 aliphatic rings. The topological polar surface area (TPSA) is 79.2 Å². The summed E-state index contributed by atoms with van der Waals surface area (Å²) in [6.45, 7) is 5.50. The minimum atomic E-state index is -0.353. The molecule has 2 saturated heterocycles. The Labute approximate surface area is 193 Å². The van der Waals surface area contributed by atoms with Crippen LogP contribution in [0.1, 0.15) is 18.4 Å². The summed E-state index contributed by atoms with van der Waals surface area (Å²) >= 11 is 0. The summed E-state index contributed by atoms with van der Waals surface area (Å²) in [5.74, 6) is 0.879. The van der Waals surface area contributed by atoms with Crippen molar-refractivity contribution in [1.82, 2.24) is 9.80 Å². The van der Waals surface area contributed by atoms with Crippen LogP contribution in [0.5, 0.6) is 5.75 Å². The van der Waals surface area contributed by atoms with Crippen molar-refractivity contribution in [1.29, 1.82) is 0 Å². The lowest BCUT2D eigenvalue weighted by molar-refractivity contribution is -0.384. The molecule has 33 heavy (non-hydrogen) atoms. The number of nitro benzene ring substituents is 1. The van der Waals surface area contributed by atoms with Gasteiger partial charge in [-0.1, -0.05) is 18.2 Å². The molecule has 3 heterocycles. The summed E-state index contributed by atoms with van der Waals surface area (Å²) in [4.78, 5) is 31.2. The normalized spacial score (nSPS) is 22.5. The third-order valence-corrected chi connectivity index (χ3v) is 7.14. The highest BCUT2D eigenvalue weighted by atomic mass is 16.6. The molecule has 0 unspecified atom stereocenters. The number of likely N-dealkylation sites (tertiary alicyclic amines) is 1. The Kier molecular flexibility index (Phi) is 6.17. The number of amides is 1. The highest BCUT2D eigenvalue weighted by Gasteiger charge is 2.43. The van der Waals surface area contributed by atoms with Crippen molar-refractivity contribution in [3.8, 4) is 5.75 Å². The van der Waals surface area contributed by atoms with Gasteiger partial charge in [0.2, 0.25) is 5.91 Å². The molecule has 0 N–H and O–H groups in total. The van der Waals surface area contributed by atoms with E-state index in [9.17, 15) is 14.9 Å². The van der Waals surface area contributed by atoms with Crippen LogP contribution in [0, 0.1) is 16.0 Å². The van der Waals surface area contributed by atoms with E-state index in [1.807, 2.05) is 41.3 Å². The Balaban J connectivity index is 1.34. The van der Waals surface area contributed by atoms with Crippen LogP contribution < -0.4 is 9.64 Å². The van der Waals surface area contributed by atoms with Crippen molar-refractivity contribution in [2.45, 2.75) is 25.3 Å². The molecule has 0 aliphatic carbocycles. The number of rotatable bonds is 6. The van der Waals surface area contributed by atoms with E-state index in [0.717, 1.165) is 69.1 Å². The van der Waals surface area contributed by atoms with Gasteiger partial charge in [-0.05, 0) is 43.0 Å². The fourth-order valence-corrected chi connectivity index (χ4v) is 5.45. The Hall–Kier alpha value is -3.13. The first-order valence-electron chi connectivity index (χ1n) is 11.8. The minimum Gasteiger partial charge on any atom is -0.492 e. The monoisotopic (exact) mass is 450 g/mol.